The van der Waals surface area contributed by atoms with Crippen LogP contribution in [0.25, 0.3) is 22.3 Å². The van der Waals surface area contributed by atoms with Crippen molar-refractivity contribution in [1.29, 1.82) is 0 Å². The minimum absolute atomic E-state index is 0.0489. The van der Waals surface area contributed by atoms with Gasteiger partial charge in [-0.1, -0.05) is 81.8 Å². The fourth-order valence-corrected chi connectivity index (χ4v) is 5.91. The molecule has 0 saturated heterocycles. The molecule has 0 amide bonds. The van der Waals surface area contributed by atoms with Crippen LogP contribution in [0.4, 0.5) is 13.2 Å². The number of rotatable bonds is 15. The molecule has 0 atom stereocenters. The second-order valence-electron chi connectivity index (χ2n) is 11.4. The van der Waals surface area contributed by atoms with Crippen molar-refractivity contribution in [3.8, 4) is 28.0 Å². The molecule has 0 aromatic heterocycles. The average molecular weight is 567 g/mol. The van der Waals surface area contributed by atoms with Crippen LogP contribution in [-0.4, -0.2) is 19.8 Å². The largest absolute Gasteiger partial charge is 0.490 e. The summed E-state index contributed by atoms with van der Waals surface area (Å²) < 4.78 is 56.0. The first-order valence-electron chi connectivity index (χ1n) is 15.6. The minimum atomic E-state index is -0.959. The van der Waals surface area contributed by atoms with E-state index in [4.69, 9.17) is 9.47 Å². The van der Waals surface area contributed by atoms with Crippen LogP contribution in [-0.2, 0) is 4.74 Å². The monoisotopic (exact) mass is 566 g/mol. The Morgan fingerprint density at radius 1 is 0.683 bits per heavy atom. The van der Waals surface area contributed by atoms with Crippen LogP contribution in [0.3, 0.4) is 0 Å². The Labute approximate surface area is 244 Å². The maximum atomic E-state index is 15.2. The van der Waals surface area contributed by atoms with Crippen molar-refractivity contribution in [2.45, 2.75) is 90.4 Å². The third-order valence-electron chi connectivity index (χ3n) is 8.43. The molecule has 0 N–H and O–H groups in total. The van der Waals surface area contributed by atoms with Crippen LogP contribution in [0.15, 0.2) is 54.6 Å². The quantitative estimate of drug-likeness (QED) is 0.170. The molecule has 0 aliphatic heterocycles. The third-order valence-corrected chi connectivity index (χ3v) is 8.43. The zero-order valence-corrected chi connectivity index (χ0v) is 24.7. The Balaban J connectivity index is 1.34. The van der Waals surface area contributed by atoms with Crippen molar-refractivity contribution in [2.75, 3.05) is 19.8 Å². The molecule has 4 rings (SSSR count). The fourth-order valence-electron chi connectivity index (χ4n) is 5.91. The molecule has 3 aromatic carbocycles. The van der Waals surface area contributed by atoms with E-state index < -0.39 is 11.6 Å². The highest BCUT2D eigenvalue weighted by Gasteiger charge is 2.24. The molecular formula is C36H45F3O2. The maximum absolute atomic E-state index is 15.2. The molecule has 0 unspecified atom stereocenters. The first-order chi connectivity index (χ1) is 20.0. The highest BCUT2D eigenvalue weighted by Crippen LogP contribution is 2.38. The van der Waals surface area contributed by atoms with Gasteiger partial charge in [0.05, 0.1) is 6.61 Å². The molecule has 1 aliphatic rings. The molecule has 222 valence electrons. The van der Waals surface area contributed by atoms with E-state index in [1.165, 1.54) is 31.7 Å². The summed E-state index contributed by atoms with van der Waals surface area (Å²) in [6.07, 6.45) is 12.0. The van der Waals surface area contributed by atoms with Crippen molar-refractivity contribution in [3.05, 3.63) is 77.6 Å². The van der Waals surface area contributed by atoms with Gasteiger partial charge < -0.3 is 9.47 Å². The minimum Gasteiger partial charge on any atom is -0.490 e. The van der Waals surface area contributed by atoms with Gasteiger partial charge in [0.25, 0.3) is 0 Å². The van der Waals surface area contributed by atoms with E-state index in [0.29, 0.717) is 18.1 Å². The van der Waals surface area contributed by atoms with Crippen LogP contribution in [0, 0.1) is 23.4 Å². The summed E-state index contributed by atoms with van der Waals surface area (Å²) in [4.78, 5) is 0. The molecule has 1 saturated carbocycles. The second-order valence-corrected chi connectivity index (χ2v) is 11.4. The van der Waals surface area contributed by atoms with E-state index in [0.717, 1.165) is 74.8 Å². The number of benzene rings is 3. The van der Waals surface area contributed by atoms with Crippen molar-refractivity contribution in [2.24, 2.45) is 5.92 Å². The maximum Gasteiger partial charge on any atom is 0.201 e. The SMILES string of the molecule is CCCCCCCCCOc1ccc(-c2ccc(-c3ccc(C4CCC(COCC)CC4)c(F)c3)cc2)c(F)c1F. The lowest BCUT2D eigenvalue weighted by Crippen LogP contribution is -2.18. The number of hydrogen-bond donors (Lipinski definition) is 0. The molecule has 0 heterocycles. The Kier molecular flexibility index (Phi) is 12.2. The molecule has 1 aliphatic carbocycles. The number of unbranched alkanes of at least 4 members (excludes halogenated alkanes) is 6. The van der Waals surface area contributed by atoms with E-state index in [9.17, 15) is 8.78 Å². The number of hydrogen-bond acceptors (Lipinski definition) is 2. The van der Waals surface area contributed by atoms with Gasteiger partial charge in [-0.15, -0.1) is 0 Å². The molecule has 3 aromatic rings. The Bertz CT molecular complexity index is 1220. The molecular weight excluding hydrogens is 521 g/mol. The van der Waals surface area contributed by atoms with Crippen molar-refractivity contribution < 1.29 is 22.6 Å². The fraction of sp³-hybridized carbons (Fsp3) is 0.500. The predicted octanol–water partition coefficient (Wildman–Crippen LogP) is 10.9. The Morgan fingerprint density at radius 2 is 1.34 bits per heavy atom. The third kappa shape index (κ3) is 8.61. The summed E-state index contributed by atoms with van der Waals surface area (Å²) in [5.74, 6) is -1.29. The molecule has 0 spiro atoms. The van der Waals surface area contributed by atoms with Crippen LogP contribution in [0.5, 0.6) is 5.75 Å². The normalized spacial score (nSPS) is 17.1. The van der Waals surface area contributed by atoms with Gasteiger partial charge in [0.2, 0.25) is 5.82 Å². The van der Waals surface area contributed by atoms with Crippen molar-refractivity contribution in [1.82, 2.24) is 0 Å². The van der Waals surface area contributed by atoms with Crippen molar-refractivity contribution >= 4 is 0 Å². The van der Waals surface area contributed by atoms with E-state index >= 15 is 4.39 Å². The van der Waals surface area contributed by atoms with Gasteiger partial charge >= 0.3 is 0 Å². The van der Waals surface area contributed by atoms with E-state index in [2.05, 4.69) is 6.92 Å². The van der Waals surface area contributed by atoms with Gasteiger partial charge in [-0.3, -0.25) is 0 Å². The highest BCUT2D eigenvalue weighted by atomic mass is 19.2. The summed E-state index contributed by atoms with van der Waals surface area (Å²) >= 11 is 0. The van der Waals surface area contributed by atoms with Gasteiger partial charge in [-0.25, -0.2) is 8.78 Å². The lowest BCUT2D eigenvalue weighted by Gasteiger charge is -2.29. The van der Waals surface area contributed by atoms with Crippen LogP contribution < -0.4 is 4.74 Å². The summed E-state index contributed by atoms with van der Waals surface area (Å²) in [6, 6.07) is 15.7. The molecule has 0 radical (unpaired) electrons. The van der Waals surface area contributed by atoms with Gasteiger partial charge in [0, 0.05) is 18.8 Å². The van der Waals surface area contributed by atoms with Gasteiger partial charge in [0.15, 0.2) is 11.6 Å². The molecule has 41 heavy (non-hydrogen) atoms. The Morgan fingerprint density at radius 3 is 2.02 bits per heavy atom. The van der Waals surface area contributed by atoms with E-state index in [1.54, 1.807) is 24.3 Å². The summed E-state index contributed by atoms with van der Waals surface area (Å²) in [6.45, 7) is 6.13. The van der Waals surface area contributed by atoms with Gasteiger partial charge in [0.1, 0.15) is 5.82 Å². The van der Waals surface area contributed by atoms with Gasteiger partial charge in [-0.2, -0.15) is 4.39 Å². The molecule has 1 fully saturated rings. The number of halogens is 3. The van der Waals surface area contributed by atoms with Crippen LogP contribution in [0.1, 0.15) is 96.0 Å². The first kappa shape index (κ1) is 31.2. The zero-order valence-electron chi connectivity index (χ0n) is 24.7. The summed E-state index contributed by atoms with van der Waals surface area (Å²) in [5.41, 5.74) is 3.12. The predicted molar refractivity (Wildman–Crippen MR) is 162 cm³/mol. The first-order valence-corrected chi connectivity index (χ1v) is 15.6. The average Bonchev–Trinajstić information content (AvgIpc) is 3.00. The number of ether oxygens (including phenoxy) is 2. The lowest BCUT2D eigenvalue weighted by atomic mass is 9.78. The van der Waals surface area contributed by atoms with E-state index in [-0.39, 0.29) is 23.0 Å². The summed E-state index contributed by atoms with van der Waals surface area (Å²) in [7, 11) is 0. The topological polar surface area (TPSA) is 18.5 Å². The zero-order chi connectivity index (χ0) is 29.0. The second kappa shape index (κ2) is 16.0. The highest BCUT2D eigenvalue weighted by molar-refractivity contribution is 5.71. The standard InChI is InChI=1S/C36H45F3O2/c1-3-5-6-7-8-9-10-23-41-34-22-21-32(35(38)36(34)39)29-17-15-27(16-18-29)30-19-20-31(33(37)24-30)28-13-11-26(12-14-28)25-40-4-2/h15-22,24,26,28H,3-14,23,25H2,1-2H3. The van der Waals surface area contributed by atoms with E-state index in [1.807, 2.05) is 31.2 Å². The summed E-state index contributed by atoms with van der Waals surface area (Å²) in [5, 5.41) is 0. The molecule has 2 nitrogen and oxygen atoms in total. The van der Waals surface area contributed by atoms with Gasteiger partial charge in [-0.05, 0) is 91.3 Å². The van der Waals surface area contributed by atoms with Crippen molar-refractivity contribution in [3.63, 3.8) is 0 Å². The molecule has 0 bridgehead atoms. The van der Waals surface area contributed by atoms with Crippen LogP contribution in [0.2, 0.25) is 0 Å². The smallest absolute Gasteiger partial charge is 0.201 e. The molecule has 5 heteroatoms. The Hall–Kier alpha value is -2.79. The lowest BCUT2D eigenvalue weighted by molar-refractivity contribution is 0.0918. The van der Waals surface area contributed by atoms with Crippen LogP contribution >= 0.6 is 0 Å².